The Morgan fingerprint density at radius 2 is 2.12 bits per heavy atom. The number of nitrogens with two attached hydrogens (primary N) is 1. The van der Waals surface area contributed by atoms with Gasteiger partial charge < -0.3 is 5.73 Å². The van der Waals surface area contributed by atoms with Crippen molar-refractivity contribution < 1.29 is 4.79 Å². The zero-order chi connectivity index (χ0) is 12.3. The van der Waals surface area contributed by atoms with E-state index in [1.807, 2.05) is 36.6 Å². The van der Waals surface area contributed by atoms with Gasteiger partial charge in [-0.05, 0) is 23.5 Å². The number of hydrogen-bond donors (Lipinski definition) is 1. The fourth-order valence-electron chi connectivity index (χ4n) is 1.56. The van der Waals surface area contributed by atoms with E-state index in [0.29, 0.717) is 6.42 Å². The van der Waals surface area contributed by atoms with Crippen molar-refractivity contribution in [1.29, 1.82) is 0 Å². The van der Waals surface area contributed by atoms with E-state index in [9.17, 15) is 4.79 Å². The number of carbonyl (C=O) groups excluding carboxylic acids is 1. The van der Waals surface area contributed by atoms with Gasteiger partial charge in [0.15, 0.2) is 0 Å². The lowest BCUT2D eigenvalue weighted by Gasteiger charge is -2.07. The monoisotopic (exact) mass is 247 g/mol. The first-order chi connectivity index (χ1) is 8.16. The molecule has 4 nitrogen and oxygen atoms in total. The van der Waals surface area contributed by atoms with Crippen LogP contribution in [0.3, 0.4) is 0 Å². The molecule has 0 aliphatic heterocycles. The van der Waals surface area contributed by atoms with E-state index in [2.05, 4.69) is 9.59 Å². The number of primary amides is 1. The second-order valence-corrected chi connectivity index (χ2v) is 4.60. The normalized spacial score (nSPS) is 12.3. The lowest BCUT2D eigenvalue weighted by Crippen LogP contribution is -2.22. The summed E-state index contributed by atoms with van der Waals surface area (Å²) < 4.78 is 3.82. The van der Waals surface area contributed by atoms with Gasteiger partial charge in [-0.1, -0.05) is 35.7 Å². The fourth-order valence-corrected chi connectivity index (χ4v) is 2.02. The number of nitrogens with zero attached hydrogens (tertiary/aromatic N) is 2. The van der Waals surface area contributed by atoms with Gasteiger partial charge in [0.2, 0.25) is 5.91 Å². The highest BCUT2D eigenvalue weighted by Gasteiger charge is 2.09. The molecule has 1 aromatic heterocycles. The summed E-state index contributed by atoms with van der Waals surface area (Å²) in [6, 6.07) is 7.96. The molecule has 0 saturated carbocycles. The van der Waals surface area contributed by atoms with E-state index in [1.54, 1.807) is 0 Å². The lowest BCUT2D eigenvalue weighted by molar-refractivity contribution is -0.121. The highest BCUT2D eigenvalue weighted by atomic mass is 32.1. The Balaban J connectivity index is 2.11. The molecule has 2 aromatic rings. The summed E-state index contributed by atoms with van der Waals surface area (Å²) >= 11 is 1.33. The minimum atomic E-state index is -0.266. The van der Waals surface area contributed by atoms with Crippen LogP contribution in [0.25, 0.3) is 11.3 Å². The molecule has 0 bridgehead atoms. The van der Waals surface area contributed by atoms with Gasteiger partial charge in [-0.2, -0.15) is 0 Å². The van der Waals surface area contributed by atoms with E-state index in [1.165, 1.54) is 11.5 Å². The average molecular weight is 247 g/mol. The van der Waals surface area contributed by atoms with Gasteiger partial charge in [-0.25, -0.2) is 0 Å². The Kier molecular flexibility index (Phi) is 3.49. The molecule has 1 atom stereocenters. The van der Waals surface area contributed by atoms with Crippen LogP contribution in [0.5, 0.6) is 0 Å². The molecule has 1 heterocycles. The first kappa shape index (κ1) is 11.7. The van der Waals surface area contributed by atoms with E-state index in [0.717, 1.165) is 16.8 Å². The SMILES string of the molecule is CC(Cc1ccc(-c2csnn2)cc1)C(N)=O. The molecule has 17 heavy (non-hydrogen) atoms. The Hall–Kier alpha value is -1.75. The van der Waals surface area contributed by atoms with Gasteiger partial charge in [-0.3, -0.25) is 4.79 Å². The van der Waals surface area contributed by atoms with Gasteiger partial charge in [0.25, 0.3) is 0 Å². The van der Waals surface area contributed by atoms with Crippen molar-refractivity contribution in [1.82, 2.24) is 9.59 Å². The Morgan fingerprint density at radius 1 is 1.41 bits per heavy atom. The molecule has 2 N–H and O–H groups in total. The second-order valence-electron chi connectivity index (χ2n) is 3.99. The highest BCUT2D eigenvalue weighted by Crippen LogP contribution is 2.19. The summed E-state index contributed by atoms with van der Waals surface area (Å²) in [6.07, 6.45) is 0.672. The third-order valence-corrected chi connectivity index (χ3v) is 3.14. The Morgan fingerprint density at radius 3 is 2.65 bits per heavy atom. The molecule has 88 valence electrons. The van der Waals surface area contributed by atoms with Crippen molar-refractivity contribution in [3.63, 3.8) is 0 Å². The second kappa shape index (κ2) is 5.05. The van der Waals surface area contributed by atoms with E-state index in [-0.39, 0.29) is 11.8 Å². The van der Waals surface area contributed by atoms with Crippen molar-refractivity contribution >= 4 is 17.4 Å². The van der Waals surface area contributed by atoms with Crippen LogP contribution in [0.4, 0.5) is 0 Å². The molecule has 1 amide bonds. The van der Waals surface area contributed by atoms with Crippen molar-refractivity contribution in [2.24, 2.45) is 11.7 Å². The van der Waals surface area contributed by atoms with Crippen LogP contribution >= 0.6 is 11.5 Å². The number of rotatable bonds is 4. The van der Waals surface area contributed by atoms with Crippen LogP contribution in [0.15, 0.2) is 29.6 Å². The molecular weight excluding hydrogens is 234 g/mol. The molecule has 0 spiro atoms. The van der Waals surface area contributed by atoms with Crippen LogP contribution in [0.2, 0.25) is 0 Å². The van der Waals surface area contributed by atoms with Crippen molar-refractivity contribution in [3.8, 4) is 11.3 Å². The summed E-state index contributed by atoms with van der Waals surface area (Å²) in [4.78, 5) is 11.0. The Labute approximate surface area is 104 Å². The highest BCUT2D eigenvalue weighted by molar-refractivity contribution is 7.03. The van der Waals surface area contributed by atoms with Crippen LogP contribution in [0, 0.1) is 5.92 Å². The number of amides is 1. The maximum atomic E-state index is 11.0. The van der Waals surface area contributed by atoms with Gasteiger partial charge >= 0.3 is 0 Å². The van der Waals surface area contributed by atoms with Gasteiger partial charge in [0, 0.05) is 16.9 Å². The van der Waals surface area contributed by atoms with Crippen LogP contribution in [-0.2, 0) is 11.2 Å². The number of carbonyl (C=O) groups is 1. The molecule has 0 saturated heterocycles. The topological polar surface area (TPSA) is 68.9 Å². The third kappa shape index (κ3) is 2.88. The summed E-state index contributed by atoms with van der Waals surface area (Å²) in [5.74, 6) is -0.403. The average Bonchev–Trinajstić information content (AvgIpc) is 2.83. The van der Waals surface area contributed by atoms with E-state index < -0.39 is 0 Å². The zero-order valence-corrected chi connectivity index (χ0v) is 10.3. The predicted molar refractivity (Wildman–Crippen MR) is 67.4 cm³/mol. The minimum Gasteiger partial charge on any atom is -0.369 e. The maximum absolute atomic E-state index is 11.0. The molecule has 1 unspecified atom stereocenters. The first-order valence-corrected chi connectivity index (χ1v) is 6.16. The minimum absolute atomic E-state index is 0.137. The molecule has 1 aromatic carbocycles. The van der Waals surface area contributed by atoms with Crippen molar-refractivity contribution in [3.05, 3.63) is 35.2 Å². The van der Waals surface area contributed by atoms with Crippen LogP contribution in [0.1, 0.15) is 12.5 Å². The van der Waals surface area contributed by atoms with Gasteiger partial charge in [0.05, 0.1) is 0 Å². The molecule has 0 fully saturated rings. The number of hydrogen-bond acceptors (Lipinski definition) is 4. The molecule has 0 radical (unpaired) electrons. The molecule has 0 aliphatic rings. The van der Waals surface area contributed by atoms with Crippen LogP contribution < -0.4 is 5.73 Å². The fraction of sp³-hybridized carbons (Fsp3) is 0.250. The smallest absolute Gasteiger partial charge is 0.220 e. The third-order valence-electron chi connectivity index (χ3n) is 2.64. The number of benzene rings is 1. The van der Waals surface area contributed by atoms with E-state index in [4.69, 9.17) is 5.73 Å². The van der Waals surface area contributed by atoms with Gasteiger partial charge in [0.1, 0.15) is 5.69 Å². The summed E-state index contributed by atoms with van der Waals surface area (Å²) in [5.41, 5.74) is 8.25. The molecule has 5 heteroatoms. The standard InChI is InChI=1S/C12H13N3OS/c1-8(12(13)16)6-9-2-4-10(5-3-9)11-7-17-15-14-11/h2-5,7-8H,6H2,1H3,(H2,13,16). The molecule has 2 rings (SSSR count). The first-order valence-electron chi connectivity index (χ1n) is 5.32. The predicted octanol–water partition coefficient (Wildman–Crippen LogP) is 1.87. The largest absolute Gasteiger partial charge is 0.369 e. The Bertz CT molecular complexity index is 493. The van der Waals surface area contributed by atoms with E-state index >= 15 is 0 Å². The van der Waals surface area contributed by atoms with Crippen molar-refractivity contribution in [2.45, 2.75) is 13.3 Å². The zero-order valence-electron chi connectivity index (χ0n) is 9.46. The van der Waals surface area contributed by atoms with Gasteiger partial charge in [-0.15, -0.1) is 5.10 Å². The van der Waals surface area contributed by atoms with Crippen LogP contribution in [-0.4, -0.2) is 15.5 Å². The molecular formula is C12H13N3OS. The quantitative estimate of drug-likeness (QED) is 0.896. The summed E-state index contributed by atoms with van der Waals surface area (Å²) in [6.45, 7) is 1.83. The lowest BCUT2D eigenvalue weighted by atomic mass is 9.99. The number of aromatic nitrogens is 2. The van der Waals surface area contributed by atoms with Crippen molar-refractivity contribution in [2.75, 3.05) is 0 Å². The summed E-state index contributed by atoms with van der Waals surface area (Å²) in [7, 11) is 0. The summed E-state index contributed by atoms with van der Waals surface area (Å²) in [5, 5.41) is 5.90. The molecule has 0 aliphatic carbocycles. The maximum Gasteiger partial charge on any atom is 0.220 e.